The molecule has 0 heterocycles. The van der Waals surface area contributed by atoms with Crippen LogP contribution in [0.1, 0.15) is 72.1 Å². The molecule has 2 rings (SSSR count). The summed E-state index contributed by atoms with van der Waals surface area (Å²) in [7, 11) is 0. The van der Waals surface area contributed by atoms with Gasteiger partial charge >= 0.3 is 0 Å². The van der Waals surface area contributed by atoms with Gasteiger partial charge in [-0.15, -0.1) is 0 Å². The lowest BCUT2D eigenvalue weighted by Crippen LogP contribution is -2.54. The van der Waals surface area contributed by atoms with E-state index in [4.69, 9.17) is 0 Å². The van der Waals surface area contributed by atoms with Crippen LogP contribution >= 0.6 is 11.8 Å². The molecule has 124 valence electrons. The smallest absolute Gasteiger partial charge is 0.0616 e. The van der Waals surface area contributed by atoms with Gasteiger partial charge < -0.3 is 10.4 Å². The average molecular weight is 314 g/mol. The third kappa shape index (κ3) is 4.87. The Labute approximate surface area is 135 Å². The number of nitrogens with one attached hydrogen (secondary N) is 1. The Morgan fingerprint density at radius 2 is 2.05 bits per heavy atom. The van der Waals surface area contributed by atoms with E-state index in [9.17, 15) is 5.11 Å². The highest BCUT2D eigenvalue weighted by Crippen LogP contribution is 2.40. The largest absolute Gasteiger partial charge is 0.394 e. The fourth-order valence-corrected chi connectivity index (χ4v) is 6.04. The molecular weight excluding hydrogens is 278 g/mol. The second-order valence-electron chi connectivity index (χ2n) is 7.76. The van der Waals surface area contributed by atoms with Crippen molar-refractivity contribution in [2.45, 2.75) is 89.0 Å². The van der Waals surface area contributed by atoms with Gasteiger partial charge in [0, 0.05) is 16.8 Å². The molecule has 2 aliphatic rings. The summed E-state index contributed by atoms with van der Waals surface area (Å²) in [5.41, 5.74) is 0.00852. The molecule has 2 aliphatic carbocycles. The van der Waals surface area contributed by atoms with Crippen molar-refractivity contribution in [3.8, 4) is 0 Å². The van der Waals surface area contributed by atoms with E-state index < -0.39 is 0 Å². The van der Waals surface area contributed by atoms with Gasteiger partial charge in [0.15, 0.2) is 0 Å². The first-order valence-electron chi connectivity index (χ1n) is 9.06. The monoisotopic (exact) mass is 313 g/mol. The van der Waals surface area contributed by atoms with Crippen LogP contribution in [-0.4, -0.2) is 34.3 Å². The topological polar surface area (TPSA) is 32.3 Å². The Balaban J connectivity index is 1.78. The molecular formula is C18H35NOS. The van der Waals surface area contributed by atoms with Crippen molar-refractivity contribution < 1.29 is 5.11 Å². The molecule has 2 saturated carbocycles. The highest BCUT2D eigenvalue weighted by Gasteiger charge is 2.42. The van der Waals surface area contributed by atoms with Gasteiger partial charge in [-0.3, -0.25) is 0 Å². The summed E-state index contributed by atoms with van der Waals surface area (Å²) in [6.07, 6.45) is 10.7. The molecule has 2 fully saturated rings. The van der Waals surface area contributed by atoms with Gasteiger partial charge in [0.2, 0.25) is 0 Å². The summed E-state index contributed by atoms with van der Waals surface area (Å²) in [5.74, 6) is 2.88. The number of thioether (sulfide) groups is 1. The third-order valence-corrected chi connectivity index (χ3v) is 6.89. The van der Waals surface area contributed by atoms with Crippen LogP contribution in [0.5, 0.6) is 0 Å². The lowest BCUT2D eigenvalue weighted by Gasteiger charge is -2.37. The quantitative estimate of drug-likeness (QED) is 0.738. The highest BCUT2D eigenvalue weighted by atomic mass is 32.2. The third-order valence-electron chi connectivity index (χ3n) is 5.52. The standard InChI is InChI=1S/C18H35NOS/c1-14(2)19-18(13-20)10-5-7-16(18)9-11-21-17-8-4-6-15(3)12-17/h14-17,19-20H,4-13H2,1-3H3. The number of aliphatic hydroxyl groups is 1. The van der Waals surface area contributed by atoms with E-state index in [-0.39, 0.29) is 5.54 Å². The summed E-state index contributed by atoms with van der Waals surface area (Å²) in [6.45, 7) is 7.12. The first-order valence-corrected chi connectivity index (χ1v) is 10.1. The van der Waals surface area contributed by atoms with Crippen molar-refractivity contribution in [1.29, 1.82) is 0 Å². The van der Waals surface area contributed by atoms with Crippen molar-refractivity contribution in [2.24, 2.45) is 11.8 Å². The molecule has 0 aromatic carbocycles. The summed E-state index contributed by atoms with van der Waals surface area (Å²) in [4.78, 5) is 0. The lowest BCUT2D eigenvalue weighted by molar-refractivity contribution is 0.113. The fourth-order valence-electron chi connectivity index (χ4n) is 4.49. The Hall–Kier alpha value is 0.270. The second kappa shape index (κ2) is 8.21. The zero-order valence-electron chi connectivity index (χ0n) is 14.2. The molecule has 0 saturated heterocycles. The molecule has 4 unspecified atom stereocenters. The lowest BCUT2D eigenvalue weighted by atomic mass is 9.85. The number of hydrogen-bond donors (Lipinski definition) is 2. The molecule has 2 N–H and O–H groups in total. The highest BCUT2D eigenvalue weighted by molar-refractivity contribution is 7.99. The van der Waals surface area contributed by atoms with Crippen LogP contribution in [0.4, 0.5) is 0 Å². The van der Waals surface area contributed by atoms with Crippen LogP contribution in [0.3, 0.4) is 0 Å². The minimum atomic E-state index is 0.00852. The summed E-state index contributed by atoms with van der Waals surface area (Å²) >= 11 is 2.21. The van der Waals surface area contributed by atoms with Gasteiger partial charge in [-0.25, -0.2) is 0 Å². The van der Waals surface area contributed by atoms with Crippen molar-refractivity contribution in [3.63, 3.8) is 0 Å². The molecule has 0 amide bonds. The fraction of sp³-hybridized carbons (Fsp3) is 1.00. The zero-order chi connectivity index (χ0) is 15.3. The normalized spacial score (nSPS) is 37.3. The molecule has 2 nitrogen and oxygen atoms in total. The SMILES string of the molecule is CC1CCCC(SCCC2CCCC2(CO)NC(C)C)C1. The van der Waals surface area contributed by atoms with Gasteiger partial charge in [-0.2, -0.15) is 11.8 Å². The van der Waals surface area contributed by atoms with Crippen molar-refractivity contribution >= 4 is 11.8 Å². The van der Waals surface area contributed by atoms with E-state index in [1.807, 2.05) is 0 Å². The molecule has 0 bridgehead atoms. The Morgan fingerprint density at radius 1 is 1.24 bits per heavy atom. The Morgan fingerprint density at radius 3 is 2.71 bits per heavy atom. The van der Waals surface area contributed by atoms with E-state index in [0.717, 1.165) is 17.6 Å². The van der Waals surface area contributed by atoms with Crippen LogP contribution in [0.15, 0.2) is 0 Å². The molecule has 0 aliphatic heterocycles. The Bertz CT molecular complexity index is 310. The number of rotatable bonds is 7. The molecule has 4 atom stereocenters. The first-order chi connectivity index (χ1) is 10.1. The van der Waals surface area contributed by atoms with Crippen molar-refractivity contribution in [3.05, 3.63) is 0 Å². The average Bonchev–Trinajstić information content (AvgIpc) is 2.82. The van der Waals surface area contributed by atoms with Gasteiger partial charge in [-0.1, -0.05) is 40.0 Å². The van der Waals surface area contributed by atoms with Crippen molar-refractivity contribution in [2.75, 3.05) is 12.4 Å². The van der Waals surface area contributed by atoms with Gasteiger partial charge in [0.1, 0.15) is 0 Å². The molecule has 0 spiro atoms. The molecule has 0 aromatic rings. The maximum atomic E-state index is 9.95. The van der Waals surface area contributed by atoms with Crippen LogP contribution in [0, 0.1) is 11.8 Å². The molecule has 3 heteroatoms. The minimum Gasteiger partial charge on any atom is -0.394 e. The first kappa shape index (κ1) is 17.6. The zero-order valence-corrected chi connectivity index (χ0v) is 15.1. The minimum absolute atomic E-state index is 0.00852. The van der Waals surface area contributed by atoms with Gasteiger partial charge in [0.25, 0.3) is 0 Å². The predicted molar refractivity (Wildman–Crippen MR) is 93.9 cm³/mol. The van der Waals surface area contributed by atoms with Crippen LogP contribution in [0.2, 0.25) is 0 Å². The second-order valence-corrected chi connectivity index (χ2v) is 9.16. The van der Waals surface area contributed by atoms with E-state index in [2.05, 4.69) is 37.8 Å². The summed E-state index contributed by atoms with van der Waals surface area (Å²) < 4.78 is 0. The van der Waals surface area contributed by atoms with E-state index >= 15 is 0 Å². The van der Waals surface area contributed by atoms with Crippen molar-refractivity contribution in [1.82, 2.24) is 5.32 Å². The van der Waals surface area contributed by atoms with E-state index in [1.54, 1.807) is 0 Å². The molecule has 21 heavy (non-hydrogen) atoms. The maximum Gasteiger partial charge on any atom is 0.0616 e. The predicted octanol–water partition coefficient (Wildman–Crippen LogP) is 4.22. The summed E-state index contributed by atoms with van der Waals surface area (Å²) in [5, 5.41) is 14.5. The Kier molecular flexibility index (Phi) is 6.89. The molecule has 0 aromatic heterocycles. The van der Waals surface area contributed by atoms with E-state index in [1.165, 1.54) is 50.7 Å². The van der Waals surface area contributed by atoms with Gasteiger partial charge in [-0.05, 0) is 49.7 Å². The van der Waals surface area contributed by atoms with Crippen LogP contribution in [0.25, 0.3) is 0 Å². The number of aliphatic hydroxyl groups excluding tert-OH is 1. The van der Waals surface area contributed by atoms with Gasteiger partial charge in [0.05, 0.1) is 6.61 Å². The molecule has 0 radical (unpaired) electrons. The van der Waals surface area contributed by atoms with Crippen LogP contribution < -0.4 is 5.32 Å². The van der Waals surface area contributed by atoms with E-state index in [0.29, 0.717) is 18.6 Å². The summed E-state index contributed by atoms with van der Waals surface area (Å²) in [6, 6.07) is 0.463. The maximum absolute atomic E-state index is 9.95. The number of hydrogen-bond acceptors (Lipinski definition) is 3. The van der Waals surface area contributed by atoms with Crippen LogP contribution in [-0.2, 0) is 0 Å².